The Kier molecular flexibility index (Phi) is 5.76. The van der Waals surface area contributed by atoms with Crippen LogP contribution in [0.1, 0.15) is 29.9 Å². The van der Waals surface area contributed by atoms with Crippen LogP contribution in [0.2, 0.25) is 0 Å². The molecule has 0 aliphatic carbocycles. The zero-order valence-corrected chi connectivity index (χ0v) is 20.4. The van der Waals surface area contributed by atoms with Gasteiger partial charge in [0.2, 0.25) is 0 Å². The minimum Gasteiger partial charge on any atom is -0.467 e. The molecule has 0 unspecified atom stereocenters. The molecule has 35 heavy (non-hydrogen) atoms. The van der Waals surface area contributed by atoms with E-state index < -0.39 is 11.7 Å². The summed E-state index contributed by atoms with van der Waals surface area (Å²) in [6.45, 7) is 7.79. The number of fused-ring (bicyclic) bond motifs is 2. The number of benzene rings is 2. The number of amides is 1. The fraction of sp³-hybridized carbons (Fsp3) is 0.360. The van der Waals surface area contributed by atoms with Gasteiger partial charge in [0.15, 0.2) is 5.82 Å². The summed E-state index contributed by atoms with van der Waals surface area (Å²) in [4.78, 5) is 24.5. The van der Waals surface area contributed by atoms with E-state index in [1.807, 2.05) is 13.0 Å². The normalized spacial score (nSPS) is 18.3. The Morgan fingerprint density at radius 1 is 1.17 bits per heavy atom. The van der Waals surface area contributed by atoms with Crippen molar-refractivity contribution >= 4 is 39.1 Å². The third-order valence-electron chi connectivity index (χ3n) is 6.48. The molecule has 10 heteroatoms. The number of carbonyl (C=O) groups is 1. The molecule has 0 spiro atoms. The van der Waals surface area contributed by atoms with Crippen molar-refractivity contribution in [2.45, 2.75) is 32.9 Å². The number of methoxy groups -OCH3 is 1. The van der Waals surface area contributed by atoms with E-state index in [4.69, 9.17) is 4.74 Å². The number of hydrogen-bond acceptors (Lipinski definition) is 7. The van der Waals surface area contributed by atoms with Crippen molar-refractivity contribution in [1.29, 1.82) is 0 Å². The highest BCUT2D eigenvalue weighted by Crippen LogP contribution is 2.31. The summed E-state index contributed by atoms with van der Waals surface area (Å²) in [6, 6.07) is 7.49. The molecule has 2 aromatic heterocycles. The lowest BCUT2D eigenvalue weighted by atomic mass is 10.0. The lowest BCUT2D eigenvalue weighted by molar-refractivity contribution is 0.102. The number of halogens is 1. The van der Waals surface area contributed by atoms with Gasteiger partial charge in [0.1, 0.15) is 5.52 Å². The smallest absolute Gasteiger partial charge is 0.316 e. The third kappa shape index (κ3) is 4.14. The van der Waals surface area contributed by atoms with Gasteiger partial charge < -0.3 is 20.3 Å². The minimum absolute atomic E-state index is 0.171. The van der Waals surface area contributed by atoms with Gasteiger partial charge in [0.05, 0.1) is 18.2 Å². The van der Waals surface area contributed by atoms with E-state index in [0.29, 0.717) is 34.2 Å². The molecule has 2 N–H and O–H groups in total. The number of nitrogens with zero attached hydrogens (tertiary/aromatic N) is 5. The monoisotopic (exact) mass is 477 g/mol. The second-order valence-corrected chi connectivity index (χ2v) is 9.14. The van der Waals surface area contributed by atoms with E-state index in [-0.39, 0.29) is 11.5 Å². The van der Waals surface area contributed by atoms with Crippen molar-refractivity contribution in [2.24, 2.45) is 7.05 Å². The summed E-state index contributed by atoms with van der Waals surface area (Å²) in [5.41, 5.74) is 3.21. The van der Waals surface area contributed by atoms with Crippen LogP contribution < -0.4 is 20.3 Å². The van der Waals surface area contributed by atoms with Crippen molar-refractivity contribution in [3.63, 3.8) is 0 Å². The zero-order chi connectivity index (χ0) is 24.9. The van der Waals surface area contributed by atoms with Crippen LogP contribution >= 0.6 is 0 Å². The fourth-order valence-corrected chi connectivity index (χ4v) is 4.82. The second kappa shape index (κ2) is 8.77. The lowest BCUT2D eigenvalue weighted by Gasteiger charge is -2.38. The Hall–Kier alpha value is -3.79. The van der Waals surface area contributed by atoms with Gasteiger partial charge in [-0.15, -0.1) is 0 Å². The summed E-state index contributed by atoms with van der Waals surface area (Å²) in [5.74, 6) is -0.891. The highest BCUT2D eigenvalue weighted by Gasteiger charge is 2.25. The number of hydrogen-bond donors (Lipinski definition) is 2. The number of ether oxygens (including phenoxy) is 1. The van der Waals surface area contributed by atoms with Gasteiger partial charge in [-0.3, -0.25) is 9.48 Å². The Balaban J connectivity index is 1.55. The maximum Gasteiger partial charge on any atom is 0.316 e. The number of anilines is 2. The number of piperazine rings is 1. The average molecular weight is 478 g/mol. The molecule has 1 fully saturated rings. The lowest BCUT2D eigenvalue weighted by Crippen LogP contribution is -2.54. The molecule has 1 aliphatic rings. The van der Waals surface area contributed by atoms with Gasteiger partial charge in [-0.2, -0.15) is 10.1 Å². The second-order valence-electron chi connectivity index (χ2n) is 9.14. The topological polar surface area (TPSA) is 97.2 Å². The number of nitrogens with one attached hydrogen (secondary N) is 2. The van der Waals surface area contributed by atoms with Crippen molar-refractivity contribution in [1.82, 2.24) is 25.1 Å². The first kappa shape index (κ1) is 23.0. The predicted molar refractivity (Wildman–Crippen MR) is 134 cm³/mol. The molecule has 0 radical (unpaired) electrons. The Labute approximate surface area is 202 Å². The summed E-state index contributed by atoms with van der Waals surface area (Å²) >= 11 is 0. The third-order valence-corrected chi connectivity index (χ3v) is 6.48. The van der Waals surface area contributed by atoms with Crippen LogP contribution in [0.25, 0.3) is 21.8 Å². The standard InChI is InChI=1S/C25H28FN7O2/c1-13-11-33(12-14(2)28-13)21-7-6-17(22-19(21)10-27-25(30-22)35-5)24(34)29-16-8-18-15(3)32(4)31-23(18)20(26)9-16/h6-10,13-14,28H,11-12H2,1-5H3,(H,29,34)/t13-,14+. The van der Waals surface area contributed by atoms with Crippen LogP contribution in [-0.4, -0.2) is 57.9 Å². The molecule has 1 amide bonds. The van der Waals surface area contributed by atoms with Gasteiger partial charge in [-0.25, -0.2) is 9.37 Å². The van der Waals surface area contributed by atoms with Crippen LogP contribution in [0.15, 0.2) is 30.5 Å². The molecule has 4 aromatic rings. The fourth-order valence-electron chi connectivity index (χ4n) is 4.82. The molecule has 1 saturated heterocycles. The molecular weight excluding hydrogens is 449 g/mol. The minimum atomic E-state index is -0.493. The molecule has 2 atom stereocenters. The van der Waals surface area contributed by atoms with Crippen molar-refractivity contribution in [2.75, 3.05) is 30.4 Å². The zero-order valence-electron chi connectivity index (χ0n) is 20.4. The number of rotatable bonds is 4. The predicted octanol–water partition coefficient (Wildman–Crippen LogP) is 3.41. The molecule has 9 nitrogen and oxygen atoms in total. The van der Waals surface area contributed by atoms with Crippen molar-refractivity contribution < 1.29 is 13.9 Å². The molecule has 2 aromatic carbocycles. The number of carbonyl (C=O) groups excluding carboxylic acids is 1. The molecule has 1 aliphatic heterocycles. The maximum atomic E-state index is 14.7. The highest BCUT2D eigenvalue weighted by atomic mass is 19.1. The van der Waals surface area contributed by atoms with E-state index in [2.05, 4.69) is 44.4 Å². The van der Waals surface area contributed by atoms with E-state index in [1.165, 1.54) is 13.2 Å². The van der Waals surface area contributed by atoms with E-state index >= 15 is 0 Å². The first-order valence-corrected chi connectivity index (χ1v) is 11.5. The van der Waals surface area contributed by atoms with Gasteiger partial charge in [0.25, 0.3) is 5.91 Å². The summed E-state index contributed by atoms with van der Waals surface area (Å²) in [6.07, 6.45) is 1.69. The van der Waals surface area contributed by atoms with Gasteiger partial charge in [-0.05, 0) is 45.0 Å². The largest absolute Gasteiger partial charge is 0.467 e. The molecule has 5 rings (SSSR count). The van der Waals surface area contributed by atoms with Crippen LogP contribution in [0.5, 0.6) is 6.01 Å². The van der Waals surface area contributed by atoms with E-state index in [9.17, 15) is 9.18 Å². The Morgan fingerprint density at radius 2 is 1.91 bits per heavy atom. The van der Waals surface area contributed by atoms with Crippen molar-refractivity contribution in [3.8, 4) is 6.01 Å². The molecule has 0 bridgehead atoms. The van der Waals surface area contributed by atoms with Gasteiger partial charge in [0, 0.05) is 66.3 Å². The van der Waals surface area contributed by atoms with Gasteiger partial charge >= 0.3 is 6.01 Å². The number of aryl methyl sites for hydroxylation is 2. The van der Waals surface area contributed by atoms with Crippen LogP contribution in [0, 0.1) is 12.7 Å². The first-order valence-electron chi connectivity index (χ1n) is 11.5. The summed E-state index contributed by atoms with van der Waals surface area (Å²) in [7, 11) is 3.24. The van der Waals surface area contributed by atoms with E-state index in [0.717, 1.165) is 29.9 Å². The van der Waals surface area contributed by atoms with Crippen LogP contribution in [0.4, 0.5) is 15.8 Å². The molecule has 3 heterocycles. The quantitative estimate of drug-likeness (QED) is 0.465. The first-order chi connectivity index (χ1) is 16.7. The van der Waals surface area contributed by atoms with Crippen LogP contribution in [-0.2, 0) is 7.05 Å². The maximum absolute atomic E-state index is 14.7. The highest BCUT2D eigenvalue weighted by molar-refractivity contribution is 6.14. The van der Waals surface area contributed by atoms with E-state index in [1.54, 1.807) is 30.1 Å². The van der Waals surface area contributed by atoms with Crippen LogP contribution in [0.3, 0.4) is 0 Å². The molecule has 0 saturated carbocycles. The van der Waals surface area contributed by atoms with Gasteiger partial charge in [-0.1, -0.05) is 0 Å². The molecule has 182 valence electrons. The SMILES string of the molecule is COc1ncc2c(N3C[C@@H](C)N[C@@H](C)C3)ccc(C(=O)Nc3cc(F)c4nn(C)c(C)c4c3)c2n1. The Morgan fingerprint density at radius 3 is 2.63 bits per heavy atom. The summed E-state index contributed by atoms with van der Waals surface area (Å²) in [5, 5.41) is 12.0. The molecular formula is C25H28FN7O2. The average Bonchev–Trinajstić information content (AvgIpc) is 3.11. The van der Waals surface area contributed by atoms with Crippen molar-refractivity contribution in [3.05, 3.63) is 47.5 Å². The Bertz CT molecular complexity index is 1440. The number of aromatic nitrogens is 4. The summed E-state index contributed by atoms with van der Waals surface area (Å²) < 4.78 is 21.5.